The zero-order chi connectivity index (χ0) is 14.8. The van der Waals surface area contributed by atoms with E-state index >= 15 is 0 Å². The number of sulfonamides is 1. The number of nitrogens with zero attached hydrogens (tertiary/aromatic N) is 1. The summed E-state index contributed by atoms with van der Waals surface area (Å²) in [6.45, 7) is 0.199. The lowest BCUT2D eigenvalue weighted by atomic mass is 10.2. The summed E-state index contributed by atoms with van der Waals surface area (Å²) in [7, 11) is -3.85. The highest BCUT2D eigenvalue weighted by molar-refractivity contribution is 7.89. The number of primary sulfonamides is 1. The Bertz CT molecular complexity index is 777. The number of hydrogen-bond donors (Lipinski definition) is 2. The summed E-state index contributed by atoms with van der Waals surface area (Å²) in [6.07, 6.45) is 0. The third-order valence-electron chi connectivity index (χ3n) is 2.47. The van der Waals surface area contributed by atoms with Gasteiger partial charge >= 0.3 is 0 Å². The van der Waals surface area contributed by atoms with E-state index in [9.17, 15) is 8.42 Å². The lowest BCUT2D eigenvalue weighted by molar-refractivity contribution is 0.419. The molecule has 2 aromatic rings. The molecule has 1 heterocycles. The Morgan fingerprint density at radius 3 is 2.70 bits per heavy atom. The van der Waals surface area contributed by atoms with Crippen LogP contribution in [0.15, 0.2) is 39.8 Å². The normalized spacial score (nSPS) is 11.1. The largest absolute Gasteiger partial charge is 0.446 e. The van der Waals surface area contributed by atoms with E-state index in [4.69, 9.17) is 26.4 Å². The van der Waals surface area contributed by atoms with E-state index < -0.39 is 10.0 Å². The highest BCUT2D eigenvalue weighted by atomic mass is 35.5. The Morgan fingerprint density at radius 2 is 2.10 bits per heavy atom. The Hall–Kier alpha value is -2.01. The molecule has 2 rings (SSSR count). The second kappa shape index (κ2) is 5.54. The van der Waals surface area contributed by atoms with Crippen molar-refractivity contribution in [3.8, 4) is 6.07 Å². The molecule has 0 saturated heterocycles. The summed E-state index contributed by atoms with van der Waals surface area (Å²) in [5.41, 5.74) is 0.959. The Labute approximate surface area is 120 Å². The van der Waals surface area contributed by atoms with E-state index in [0.29, 0.717) is 22.0 Å². The first-order chi connectivity index (χ1) is 9.40. The summed E-state index contributed by atoms with van der Waals surface area (Å²) in [5.74, 6) is 0.373. The molecule has 6 nitrogen and oxygen atoms in total. The highest BCUT2D eigenvalue weighted by Gasteiger charge is 2.13. The predicted molar refractivity (Wildman–Crippen MR) is 73.6 cm³/mol. The molecule has 0 aliphatic rings. The Kier molecular flexibility index (Phi) is 3.99. The molecule has 8 heteroatoms. The second-order valence-corrected chi connectivity index (χ2v) is 5.85. The predicted octanol–water partition coefficient (Wildman–Crippen LogP) is 2.06. The van der Waals surface area contributed by atoms with Crippen molar-refractivity contribution in [2.45, 2.75) is 11.6 Å². The first-order valence-electron chi connectivity index (χ1n) is 5.45. The molecule has 1 aromatic heterocycles. The molecular formula is C12H10ClN3O3S. The number of hydrogen-bond acceptors (Lipinski definition) is 5. The topological polar surface area (TPSA) is 109 Å². The zero-order valence-electron chi connectivity index (χ0n) is 10.1. The van der Waals surface area contributed by atoms with Crippen molar-refractivity contribution in [3.05, 3.63) is 46.7 Å². The molecule has 0 atom stereocenters. The van der Waals surface area contributed by atoms with Crippen molar-refractivity contribution in [3.63, 3.8) is 0 Å². The van der Waals surface area contributed by atoms with Gasteiger partial charge < -0.3 is 9.73 Å². The van der Waals surface area contributed by atoms with E-state index in [1.807, 2.05) is 6.07 Å². The third-order valence-corrected chi connectivity index (χ3v) is 3.49. The van der Waals surface area contributed by atoms with Crippen molar-refractivity contribution in [1.29, 1.82) is 5.26 Å². The van der Waals surface area contributed by atoms with Crippen LogP contribution in [-0.2, 0) is 16.6 Å². The third kappa shape index (κ3) is 3.30. The molecule has 0 aliphatic carbocycles. The fourth-order valence-electron chi connectivity index (χ4n) is 1.55. The van der Waals surface area contributed by atoms with Gasteiger partial charge in [-0.3, -0.25) is 0 Å². The molecule has 1 aromatic carbocycles. The van der Waals surface area contributed by atoms with Gasteiger partial charge in [0.2, 0.25) is 5.09 Å². The molecule has 3 N–H and O–H groups in total. The maximum absolute atomic E-state index is 11.1. The summed E-state index contributed by atoms with van der Waals surface area (Å²) >= 11 is 5.85. The van der Waals surface area contributed by atoms with Gasteiger partial charge in [0.1, 0.15) is 11.8 Å². The van der Waals surface area contributed by atoms with Gasteiger partial charge in [-0.25, -0.2) is 13.6 Å². The van der Waals surface area contributed by atoms with Gasteiger partial charge in [0.05, 0.1) is 17.8 Å². The molecule has 0 bridgehead atoms. The number of furan rings is 1. The maximum atomic E-state index is 11.1. The van der Waals surface area contributed by atoms with Gasteiger partial charge in [0, 0.05) is 5.02 Å². The van der Waals surface area contributed by atoms with Crippen LogP contribution < -0.4 is 10.5 Å². The fourth-order valence-corrected chi connectivity index (χ4v) is 2.20. The van der Waals surface area contributed by atoms with Crippen molar-refractivity contribution < 1.29 is 12.8 Å². The van der Waals surface area contributed by atoms with Gasteiger partial charge in [0.25, 0.3) is 10.0 Å². The van der Waals surface area contributed by atoms with Crippen LogP contribution in [0.1, 0.15) is 11.3 Å². The van der Waals surface area contributed by atoms with E-state index in [0.717, 1.165) is 0 Å². The van der Waals surface area contributed by atoms with Crippen LogP contribution in [-0.4, -0.2) is 8.42 Å². The van der Waals surface area contributed by atoms with Crippen molar-refractivity contribution >= 4 is 27.3 Å². The lowest BCUT2D eigenvalue weighted by Crippen LogP contribution is -2.10. The van der Waals surface area contributed by atoms with Crippen molar-refractivity contribution in [2.24, 2.45) is 5.14 Å². The van der Waals surface area contributed by atoms with Crippen molar-refractivity contribution in [2.75, 3.05) is 5.32 Å². The first-order valence-corrected chi connectivity index (χ1v) is 7.37. The van der Waals surface area contributed by atoms with Crippen LogP contribution in [0, 0.1) is 11.3 Å². The van der Waals surface area contributed by atoms with Gasteiger partial charge in [-0.2, -0.15) is 5.26 Å². The van der Waals surface area contributed by atoms with E-state index in [-0.39, 0.29) is 11.6 Å². The molecule has 0 spiro atoms. The van der Waals surface area contributed by atoms with Gasteiger partial charge in [0.15, 0.2) is 0 Å². The molecule has 0 saturated carbocycles. The minimum atomic E-state index is -3.85. The maximum Gasteiger partial charge on any atom is 0.271 e. The number of nitriles is 1. The number of nitrogens with one attached hydrogen (secondary N) is 1. The number of halogens is 1. The van der Waals surface area contributed by atoms with E-state index in [2.05, 4.69) is 5.32 Å². The van der Waals surface area contributed by atoms with Crippen LogP contribution in [0.3, 0.4) is 0 Å². The fraction of sp³-hybridized carbons (Fsp3) is 0.0833. The van der Waals surface area contributed by atoms with Gasteiger partial charge in [-0.15, -0.1) is 0 Å². The Balaban J connectivity index is 2.15. The average molecular weight is 312 g/mol. The molecular weight excluding hydrogens is 302 g/mol. The molecule has 20 heavy (non-hydrogen) atoms. The summed E-state index contributed by atoms with van der Waals surface area (Å²) < 4.78 is 27.2. The van der Waals surface area contributed by atoms with Gasteiger partial charge in [-0.05, 0) is 30.3 Å². The van der Waals surface area contributed by atoms with E-state index in [1.165, 1.54) is 12.1 Å². The van der Waals surface area contributed by atoms with Crippen molar-refractivity contribution in [1.82, 2.24) is 0 Å². The first kappa shape index (κ1) is 14.4. The van der Waals surface area contributed by atoms with Crippen LogP contribution in [0.2, 0.25) is 5.02 Å². The highest BCUT2D eigenvalue weighted by Crippen LogP contribution is 2.21. The average Bonchev–Trinajstić information content (AvgIpc) is 2.85. The van der Waals surface area contributed by atoms with Crippen LogP contribution in [0.5, 0.6) is 0 Å². The number of anilines is 1. The molecule has 0 aliphatic heterocycles. The minimum absolute atomic E-state index is 0.199. The second-order valence-electron chi connectivity index (χ2n) is 3.92. The monoisotopic (exact) mass is 311 g/mol. The molecule has 0 fully saturated rings. The van der Waals surface area contributed by atoms with Crippen LogP contribution in [0.4, 0.5) is 5.69 Å². The smallest absolute Gasteiger partial charge is 0.271 e. The van der Waals surface area contributed by atoms with Crippen LogP contribution in [0.25, 0.3) is 0 Å². The summed E-state index contributed by atoms with van der Waals surface area (Å²) in [5, 5.41) is 17.0. The number of nitrogens with two attached hydrogens (primary N) is 1. The lowest BCUT2D eigenvalue weighted by Gasteiger charge is -2.06. The summed E-state index contributed by atoms with van der Waals surface area (Å²) in [6, 6.07) is 9.58. The standard InChI is InChI=1S/C12H10ClN3O3S/c13-9-2-1-8(6-14)11(5-9)16-7-10-3-4-12(19-10)20(15,17)18/h1-5,16H,7H2,(H2,15,17,18). The SMILES string of the molecule is N#Cc1ccc(Cl)cc1NCc1ccc(S(N)(=O)=O)o1. The van der Waals surface area contributed by atoms with E-state index in [1.54, 1.807) is 18.2 Å². The van der Waals surface area contributed by atoms with Crippen LogP contribution >= 0.6 is 11.6 Å². The summed E-state index contributed by atoms with van der Waals surface area (Å²) in [4.78, 5) is 0. The molecule has 104 valence electrons. The molecule has 0 radical (unpaired) electrons. The minimum Gasteiger partial charge on any atom is -0.446 e. The molecule has 0 amide bonds. The quantitative estimate of drug-likeness (QED) is 0.898. The molecule has 0 unspecified atom stereocenters. The Morgan fingerprint density at radius 1 is 1.35 bits per heavy atom. The zero-order valence-corrected chi connectivity index (χ0v) is 11.7. The number of benzene rings is 1. The number of rotatable bonds is 4. The van der Waals surface area contributed by atoms with Gasteiger partial charge in [-0.1, -0.05) is 11.6 Å².